The number of para-hydroxylation sites is 2. The summed E-state index contributed by atoms with van der Waals surface area (Å²) in [4.78, 5) is 24.9. The van der Waals surface area contributed by atoms with E-state index < -0.39 is 0 Å². The second kappa shape index (κ2) is 8.12. The number of hydrogen-bond donors (Lipinski definition) is 2. The van der Waals surface area contributed by atoms with Gasteiger partial charge in [-0.25, -0.2) is 4.98 Å². The van der Waals surface area contributed by atoms with Crippen LogP contribution >= 0.6 is 0 Å². The summed E-state index contributed by atoms with van der Waals surface area (Å²) in [6, 6.07) is 13.9. The highest BCUT2D eigenvalue weighted by Gasteiger charge is 2.23. The molecular formula is C26H25N7O2. The second-order valence-corrected chi connectivity index (χ2v) is 8.96. The van der Waals surface area contributed by atoms with Crippen molar-refractivity contribution in [1.29, 1.82) is 0 Å². The highest BCUT2D eigenvalue weighted by atomic mass is 16.5. The minimum absolute atomic E-state index is 0.0787. The van der Waals surface area contributed by atoms with Crippen LogP contribution in [0.4, 0.5) is 11.6 Å². The Morgan fingerprint density at radius 1 is 1.14 bits per heavy atom. The summed E-state index contributed by atoms with van der Waals surface area (Å²) in [5, 5.41) is 11.6. The molecule has 1 aliphatic heterocycles. The van der Waals surface area contributed by atoms with E-state index in [0.717, 1.165) is 34.8 Å². The van der Waals surface area contributed by atoms with Gasteiger partial charge >= 0.3 is 0 Å². The first kappa shape index (κ1) is 21.2. The Bertz CT molecular complexity index is 1640. The first-order chi connectivity index (χ1) is 17.0. The van der Waals surface area contributed by atoms with Crippen molar-refractivity contribution in [2.75, 3.05) is 30.4 Å². The van der Waals surface area contributed by atoms with Gasteiger partial charge in [-0.15, -0.1) is 0 Å². The molecule has 0 saturated heterocycles. The summed E-state index contributed by atoms with van der Waals surface area (Å²) < 4.78 is 7.80. The summed E-state index contributed by atoms with van der Waals surface area (Å²) >= 11 is 0. The number of aromatic amines is 1. The molecule has 2 aromatic carbocycles. The monoisotopic (exact) mass is 467 g/mol. The lowest BCUT2D eigenvalue weighted by Gasteiger charge is -2.33. The molecule has 1 atom stereocenters. The van der Waals surface area contributed by atoms with E-state index in [0.29, 0.717) is 34.4 Å². The minimum Gasteiger partial charge on any atom is -0.485 e. The fourth-order valence-corrected chi connectivity index (χ4v) is 4.58. The van der Waals surface area contributed by atoms with E-state index in [1.54, 1.807) is 17.0 Å². The summed E-state index contributed by atoms with van der Waals surface area (Å²) in [5.74, 6) is 1.28. The van der Waals surface area contributed by atoms with Crippen LogP contribution in [0.3, 0.4) is 0 Å². The van der Waals surface area contributed by atoms with Crippen molar-refractivity contribution < 1.29 is 4.74 Å². The van der Waals surface area contributed by atoms with E-state index in [2.05, 4.69) is 32.4 Å². The van der Waals surface area contributed by atoms with Crippen molar-refractivity contribution in [2.24, 2.45) is 0 Å². The van der Waals surface area contributed by atoms with Crippen LogP contribution in [0.2, 0.25) is 0 Å². The molecule has 0 amide bonds. The SMILES string of the molecule is Cc1ccc(-n2c(=O)c3c[nH]nc3c3cnc(NCC4CN(C)c5ccccc5O4)nc32)cc1C. The Morgan fingerprint density at radius 2 is 2.00 bits per heavy atom. The number of anilines is 2. The molecule has 9 nitrogen and oxygen atoms in total. The Hall–Kier alpha value is -4.40. The number of hydrogen-bond acceptors (Lipinski definition) is 7. The maximum atomic E-state index is 13.5. The van der Waals surface area contributed by atoms with Crippen molar-refractivity contribution in [3.8, 4) is 11.4 Å². The molecule has 176 valence electrons. The van der Waals surface area contributed by atoms with Crippen molar-refractivity contribution in [3.05, 3.63) is 76.3 Å². The third-order valence-electron chi connectivity index (χ3n) is 6.59. The van der Waals surface area contributed by atoms with E-state index in [9.17, 15) is 4.79 Å². The number of ether oxygens (including phenoxy) is 1. The average molecular weight is 468 g/mol. The largest absolute Gasteiger partial charge is 0.485 e. The zero-order valence-electron chi connectivity index (χ0n) is 19.7. The Kier molecular flexibility index (Phi) is 4.91. The maximum Gasteiger partial charge on any atom is 0.267 e. The van der Waals surface area contributed by atoms with E-state index in [-0.39, 0.29) is 11.7 Å². The number of H-pyrrole nitrogens is 1. The first-order valence-corrected chi connectivity index (χ1v) is 11.5. The highest BCUT2D eigenvalue weighted by Crippen LogP contribution is 2.32. The molecule has 0 radical (unpaired) electrons. The topological polar surface area (TPSA) is 101 Å². The zero-order valence-corrected chi connectivity index (χ0v) is 19.7. The molecule has 1 unspecified atom stereocenters. The van der Waals surface area contributed by atoms with E-state index >= 15 is 0 Å². The molecule has 0 aliphatic carbocycles. The van der Waals surface area contributed by atoms with Gasteiger partial charge in [0, 0.05) is 19.4 Å². The van der Waals surface area contributed by atoms with Crippen LogP contribution in [-0.4, -0.2) is 51.0 Å². The number of nitrogens with zero attached hydrogens (tertiary/aromatic N) is 5. The maximum absolute atomic E-state index is 13.5. The molecule has 3 aromatic heterocycles. The van der Waals surface area contributed by atoms with E-state index in [1.807, 2.05) is 56.3 Å². The molecule has 0 saturated carbocycles. The van der Waals surface area contributed by atoms with Crippen LogP contribution in [0.15, 0.2) is 59.7 Å². The lowest BCUT2D eigenvalue weighted by atomic mass is 10.1. The highest BCUT2D eigenvalue weighted by molar-refractivity contribution is 6.02. The van der Waals surface area contributed by atoms with Gasteiger partial charge < -0.3 is 15.0 Å². The van der Waals surface area contributed by atoms with Crippen LogP contribution in [0.1, 0.15) is 11.1 Å². The van der Waals surface area contributed by atoms with Gasteiger partial charge in [0.05, 0.1) is 35.2 Å². The molecule has 1 aliphatic rings. The molecule has 4 heterocycles. The minimum atomic E-state index is -0.178. The van der Waals surface area contributed by atoms with Gasteiger partial charge in [-0.05, 0) is 49.2 Å². The van der Waals surface area contributed by atoms with Crippen molar-refractivity contribution >= 4 is 33.6 Å². The summed E-state index contributed by atoms with van der Waals surface area (Å²) in [7, 11) is 2.05. The normalized spacial score (nSPS) is 15.3. The third-order valence-corrected chi connectivity index (χ3v) is 6.59. The number of benzene rings is 2. The molecular weight excluding hydrogens is 442 g/mol. The molecule has 5 aromatic rings. The van der Waals surface area contributed by atoms with Gasteiger partial charge in [-0.2, -0.15) is 10.1 Å². The number of nitrogens with one attached hydrogen (secondary N) is 2. The van der Waals surface area contributed by atoms with E-state index in [1.165, 1.54) is 0 Å². The van der Waals surface area contributed by atoms with Crippen molar-refractivity contribution in [3.63, 3.8) is 0 Å². The molecule has 0 spiro atoms. The van der Waals surface area contributed by atoms with E-state index in [4.69, 9.17) is 9.72 Å². The van der Waals surface area contributed by atoms with Gasteiger partial charge in [-0.1, -0.05) is 18.2 Å². The predicted octanol–water partition coefficient (Wildman–Crippen LogP) is 3.58. The number of pyridine rings is 1. The Morgan fingerprint density at radius 3 is 2.86 bits per heavy atom. The average Bonchev–Trinajstić information content (AvgIpc) is 3.36. The van der Waals surface area contributed by atoms with Crippen LogP contribution in [0.5, 0.6) is 5.75 Å². The van der Waals surface area contributed by atoms with Crippen LogP contribution < -0.4 is 20.5 Å². The molecule has 9 heteroatoms. The lowest BCUT2D eigenvalue weighted by Crippen LogP contribution is -2.41. The first-order valence-electron chi connectivity index (χ1n) is 11.5. The van der Waals surface area contributed by atoms with Crippen LogP contribution in [0.25, 0.3) is 27.6 Å². The van der Waals surface area contributed by atoms with Crippen molar-refractivity contribution in [1.82, 2.24) is 24.7 Å². The van der Waals surface area contributed by atoms with Gasteiger partial charge in [0.15, 0.2) is 5.65 Å². The zero-order chi connectivity index (χ0) is 24.1. The van der Waals surface area contributed by atoms with Gasteiger partial charge in [0.1, 0.15) is 17.4 Å². The molecule has 2 N–H and O–H groups in total. The second-order valence-electron chi connectivity index (χ2n) is 8.96. The predicted molar refractivity (Wildman–Crippen MR) is 137 cm³/mol. The van der Waals surface area contributed by atoms with Crippen LogP contribution in [0, 0.1) is 13.8 Å². The number of fused-ring (bicyclic) bond motifs is 4. The van der Waals surface area contributed by atoms with Gasteiger partial charge in [0.2, 0.25) is 5.95 Å². The smallest absolute Gasteiger partial charge is 0.267 e. The molecule has 6 rings (SSSR count). The number of aromatic nitrogens is 5. The van der Waals surface area contributed by atoms with Crippen LogP contribution in [-0.2, 0) is 0 Å². The summed E-state index contributed by atoms with van der Waals surface area (Å²) in [5.41, 5.74) is 4.97. The van der Waals surface area contributed by atoms with Crippen molar-refractivity contribution in [2.45, 2.75) is 20.0 Å². The standard InChI is InChI=1S/C26H25N7O2/c1-15-8-9-17(10-16(15)2)33-24-19(23-20(25(33)34)13-29-31-23)12-28-26(30-24)27-11-18-14-32(3)21-6-4-5-7-22(21)35-18/h4-10,12-13,18H,11,14H2,1-3H3,(H,29,31)(H,27,28,30). The Labute approximate surface area is 201 Å². The number of rotatable bonds is 4. The fourth-order valence-electron chi connectivity index (χ4n) is 4.58. The molecule has 0 fully saturated rings. The lowest BCUT2D eigenvalue weighted by molar-refractivity contribution is 0.208. The van der Waals surface area contributed by atoms with Gasteiger partial charge in [0.25, 0.3) is 5.56 Å². The number of aryl methyl sites for hydroxylation is 2. The Balaban J connectivity index is 1.39. The third kappa shape index (κ3) is 3.56. The fraction of sp³-hybridized carbons (Fsp3) is 0.231. The quantitative estimate of drug-likeness (QED) is 0.417. The number of likely N-dealkylation sites (N-methyl/N-ethyl adjacent to an activating group) is 1. The molecule has 35 heavy (non-hydrogen) atoms. The summed E-state index contributed by atoms with van der Waals surface area (Å²) in [6.07, 6.45) is 3.26. The summed E-state index contributed by atoms with van der Waals surface area (Å²) in [6.45, 7) is 5.33. The van der Waals surface area contributed by atoms with Gasteiger partial charge in [-0.3, -0.25) is 14.5 Å². The molecule has 0 bridgehead atoms.